The number of halogens is 8. The standard InChI is InChI=1S/C46H26F8O8S.K/c1-4-24-6-8-25(9-7-24)31-21-23(2)5-19-32(31)60-30-18-20-33(34(22-30)63(55,56)57)62-46-43(53)39(49)36(40(50)44(46)54)35-37(47)41(51)45(42(52)38(35)48)61-29-16-14-28(15-17-29)59-27-12-10-26(58-3)11-13-27;/h1,5-22H,2-3H3,(H,55,56,57);/q;+1/p-1. The Labute approximate surface area is 402 Å². The van der Waals surface area contributed by atoms with E-state index in [2.05, 4.69) is 5.92 Å². The smallest absolute Gasteiger partial charge is 0.744 e. The molecule has 0 aromatic heterocycles. The van der Waals surface area contributed by atoms with E-state index in [1.54, 1.807) is 67.6 Å². The van der Waals surface area contributed by atoms with Crippen LogP contribution < -0.4 is 75.1 Å². The number of hydrogen-bond donors (Lipinski definition) is 0. The Kier molecular flexibility index (Phi) is 14.5. The van der Waals surface area contributed by atoms with Gasteiger partial charge in [-0.15, -0.1) is 6.42 Å². The molecule has 0 saturated heterocycles. The van der Waals surface area contributed by atoms with Crippen LogP contribution in [0.2, 0.25) is 0 Å². The molecule has 0 unspecified atom stereocenters. The summed E-state index contributed by atoms with van der Waals surface area (Å²) in [6, 6.07) is 24.9. The maximum absolute atomic E-state index is 15.6. The van der Waals surface area contributed by atoms with Gasteiger partial charge in [0.1, 0.15) is 55.3 Å². The largest absolute Gasteiger partial charge is 1.00 e. The molecule has 0 spiro atoms. The molecule has 0 N–H and O–H groups in total. The van der Waals surface area contributed by atoms with Crippen molar-refractivity contribution in [3.05, 3.63) is 167 Å². The Morgan fingerprint density at radius 3 is 1.42 bits per heavy atom. The number of methoxy groups -OCH3 is 1. The monoisotopic (exact) mass is 928 g/mol. The Bertz CT molecular complexity index is 3010. The molecular formula is C46H25F8KO8S. The molecule has 0 atom stereocenters. The third-order valence-corrected chi connectivity index (χ3v) is 10.0. The summed E-state index contributed by atoms with van der Waals surface area (Å²) in [5.41, 5.74) is -1.97. The van der Waals surface area contributed by atoms with Crippen LogP contribution in [0.25, 0.3) is 22.3 Å². The van der Waals surface area contributed by atoms with Crippen molar-refractivity contribution in [1.29, 1.82) is 0 Å². The number of ether oxygens (including phenoxy) is 5. The molecule has 0 fully saturated rings. The molecule has 7 aromatic rings. The Morgan fingerprint density at radius 2 is 0.953 bits per heavy atom. The van der Waals surface area contributed by atoms with Gasteiger partial charge in [0.15, 0.2) is 23.3 Å². The summed E-state index contributed by atoms with van der Waals surface area (Å²) in [7, 11) is -4.15. The van der Waals surface area contributed by atoms with Gasteiger partial charge in [0.05, 0.1) is 18.2 Å². The van der Waals surface area contributed by atoms with Crippen molar-refractivity contribution in [2.75, 3.05) is 7.11 Å². The van der Waals surface area contributed by atoms with Gasteiger partial charge in [0.25, 0.3) is 0 Å². The predicted molar refractivity (Wildman–Crippen MR) is 210 cm³/mol. The van der Waals surface area contributed by atoms with Crippen LogP contribution in [0.3, 0.4) is 0 Å². The molecule has 0 aliphatic heterocycles. The van der Waals surface area contributed by atoms with Crippen LogP contribution >= 0.6 is 0 Å². The minimum atomic E-state index is -5.62. The van der Waals surface area contributed by atoms with E-state index >= 15 is 35.1 Å². The van der Waals surface area contributed by atoms with E-state index in [1.807, 2.05) is 0 Å². The van der Waals surface area contributed by atoms with Crippen molar-refractivity contribution < 1.29 is 123 Å². The molecule has 18 heteroatoms. The average Bonchev–Trinajstić information content (AvgIpc) is 3.28. The van der Waals surface area contributed by atoms with Gasteiger partial charge in [-0.1, -0.05) is 29.7 Å². The molecule has 7 rings (SSSR count). The first-order chi connectivity index (χ1) is 30.0. The number of aryl methyl sites for hydroxylation is 1. The van der Waals surface area contributed by atoms with Gasteiger partial charge in [-0.25, -0.2) is 26.0 Å². The van der Waals surface area contributed by atoms with Crippen LogP contribution in [-0.4, -0.2) is 20.1 Å². The molecule has 7 aromatic carbocycles. The van der Waals surface area contributed by atoms with Gasteiger partial charge < -0.3 is 28.2 Å². The summed E-state index contributed by atoms with van der Waals surface area (Å²) in [5.74, 6) is -22.0. The SMILES string of the molecule is C#Cc1ccc(-c2cc(C)ccc2Oc2ccc(Oc3c(F)c(F)c(-c4c(F)c(F)c(Oc5ccc(Oc6ccc(OC)cc6)cc5)c(F)c4F)c(F)c3F)c(S(=O)(=O)[O-])c2)cc1.[K+]. The third-order valence-electron chi connectivity index (χ3n) is 9.16. The average molecular weight is 929 g/mol. The quantitative estimate of drug-likeness (QED) is 0.0393. The van der Waals surface area contributed by atoms with Gasteiger partial charge in [-0.05, 0) is 97.4 Å². The summed E-state index contributed by atoms with van der Waals surface area (Å²) in [6.45, 7) is 1.78. The van der Waals surface area contributed by atoms with E-state index in [9.17, 15) is 13.0 Å². The van der Waals surface area contributed by atoms with Crippen LogP contribution in [0.15, 0.2) is 114 Å². The summed E-state index contributed by atoms with van der Waals surface area (Å²) in [4.78, 5) is -1.33. The Hall–Kier alpha value is -5.91. The number of hydrogen-bond acceptors (Lipinski definition) is 8. The number of rotatable bonds is 12. The molecule has 8 nitrogen and oxygen atoms in total. The third kappa shape index (κ3) is 9.76. The zero-order chi connectivity index (χ0) is 45.3. The second kappa shape index (κ2) is 19.5. The van der Waals surface area contributed by atoms with Gasteiger partial charge in [-0.2, -0.15) is 17.6 Å². The van der Waals surface area contributed by atoms with E-state index < -0.39 is 95.7 Å². The van der Waals surface area contributed by atoms with Crippen LogP contribution in [0.5, 0.6) is 51.7 Å². The van der Waals surface area contributed by atoms with Gasteiger partial charge >= 0.3 is 51.4 Å². The molecule has 0 aliphatic carbocycles. The van der Waals surface area contributed by atoms with Crippen molar-refractivity contribution in [2.24, 2.45) is 0 Å². The second-order valence-corrected chi connectivity index (χ2v) is 14.6. The van der Waals surface area contributed by atoms with E-state index in [4.69, 9.17) is 30.1 Å². The summed E-state index contributed by atoms with van der Waals surface area (Å²) in [6.07, 6.45) is 5.43. The van der Waals surface area contributed by atoms with Gasteiger partial charge in [0.2, 0.25) is 34.8 Å². The van der Waals surface area contributed by atoms with Crippen LogP contribution in [0.4, 0.5) is 35.1 Å². The number of terminal acetylenes is 1. The van der Waals surface area contributed by atoms with Crippen molar-refractivity contribution in [2.45, 2.75) is 11.8 Å². The fourth-order valence-electron chi connectivity index (χ4n) is 6.09. The zero-order valence-corrected chi connectivity index (χ0v) is 37.1. The van der Waals surface area contributed by atoms with Gasteiger partial charge in [-0.3, -0.25) is 0 Å². The van der Waals surface area contributed by atoms with Crippen molar-refractivity contribution >= 4 is 10.1 Å². The molecule has 320 valence electrons. The van der Waals surface area contributed by atoms with Crippen LogP contribution in [0, 0.1) is 65.8 Å². The first kappa shape index (κ1) is 47.6. The van der Waals surface area contributed by atoms with E-state index in [-0.39, 0.29) is 68.6 Å². The topological polar surface area (TPSA) is 103 Å². The minimum Gasteiger partial charge on any atom is -0.744 e. The molecule has 0 amide bonds. The molecule has 0 radical (unpaired) electrons. The maximum atomic E-state index is 15.6. The normalized spacial score (nSPS) is 11.0. The molecule has 0 saturated carbocycles. The second-order valence-electron chi connectivity index (χ2n) is 13.3. The fourth-order valence-corrected chi connectivity index (χ4v) is 6.70. The van der Waals surface area contributed by atoms with Crippen LogP contribution in [0.1, 0.15) is 11.1 Å². The van der Waals surface area contributed by atoms with E-state index in [1.165, 1.54) is 25.3 Å². The maximum Gasteiger partial charge on any atom is 1.00 e. The summed E-state index contributed by atoms with van der Waals surface area (Å²) >= 11 is 0. The van der Waals surface area contributed by atoms with Crippen molar-refractivity contribution in [3.63, 3.8) is 0 Å². The summed E-state index contributed by atoms with van der Waals surface area (Å²) in [5, 5.41) is 0. The predicted octanol–water partition coefficient (Wildman–Crippen LogP) is 9.51. The minimum absolute atomic E-state index is 0. The Balaban J connectivity index is 0.00000680. The first-order valence-corrected chi connectivity index (χ1v) is 19.3. The zero-order valence-electron chi connectivity index (χ0n) is 33.2. The van der Waals surface area contributed by atoms with E-state index in [0.29, 0.717) is 40.3 Å². The van der Waals surface area contributed by atoms with Crippen LogP contribution in [-0.2, 0) is 10.1 Å². The van der Waals surface area contributed by atoms with Crippen molar-refractivity contribution in [1.82, 2.24) is 0 Å². The molecular weight excluding hydrogens is 904 g/mol. The number of benzene rings is 7. The fraction of sp³-hybridized carbons (Fsp3) is 0.0435. The molecule has 0 aliphatic rings. The first-order valence-electron chi connectivity index (χ1n) is 17.9. The molecule has 0 bridgehead atoms. The van der Waals surface area contributed by atoms with Gasteiger partial charge in [0, 0.05) is 17.2 Å². The molecule has 64 heavy (non-hydrogen) atoms. The summed E-state index contributed by atoms with van der Waals surface area (Å²) < 4.78 is 187. The molecule has 0 heterocycles. The van der Waals surface area contributed by atoms with E-state index in [0.717, 1.165) is 23.8 Å². The Morgan fingerprint density at radius 1 is 0.516 bits per heavy atom. The van der Waals surface area contributed by atoms with Crippen molar-refractivity contribution in [3.8, 4) is 86.3 Å².